The summed E-state index contributed by atoms with van der Waals surface area (Å²) < 4.78 is 1.15. The molecule has 0 saturated heterocycles. The van der Waals surface area contributed by atoms with Crippen LogP contribution in [-0.2, 0) is 6.42 Å². The van der Waals surface area contributed by atoms with Gasteiger partial charge in [-0.05, 0) is 37.4 Å². The molecule has 5 heteroatoms. The minimum atomic E-state index is 0.0926. The predicted octanol–water partition coefficient (Wildman–Crippen LogP) is 2.95. The monoisotopic (exact) mass is 284 g/mol. The normalized spacial score (nSPS) is 12.8. The standard InChI is InChI=1S/C15H16N4S/c1-9(16)5-12-6-10(2)18-15(19-12)11-7-14-13(17-8-11)3-4-20-14/h3-4,6-9H,5,16H2,1-2H3. The molecule has 1 atom stereocenters. The summed E-state index contributed by atoms with van der Waals surface area (Å²) in [6.45, 7) is 3.96. The Morgan fingerprint density at radius 3 is 2.95 bits per heavy atom. The van der Waals surface area contributed by atoms with E-state index in [4.69, 9.17) is 5.73 Å². The van der Waals surface area contributed by atoms with E-state index in [-0.39, 0.29) is 6.04 Å². The van der Waals surface area contributed by atoms with Crippen LogP contribution in [0.4, 0.5) is 0 Å². The molecule has 0 aliphatic heterocycles. The van der Waals surface area contributed by atoms with Crippen LogP contribution < -0.4 is 5.73 Å². The molecule has 3 aromatic rings. The van der Waals surface area contributed by atoms with Gasteiger partial charge in [0.1, 0.15) is 0 Å². The fraction of sp³-hybridized carbons (Fsp3) is 0.267. The number of nitrogens with zero attached hydrogens (tertiary/aromatic N) is 3. The van der Waals surface area contributed by atoms with Crippen molar-refractivity contribution in [1.82, 2.24) is 15.0 Å². The first-order valence-electron chi connectivity index (χ1n) is 6.55. The Morgan fingerprint density at radius 2 is 2.15 bits per heavy atom. The van der Waals surface area contributed by atoms with E-state index in [0.717, 1.165) is 39.4 Å². The van der Waals surface area contributed by atoms with Gasteiger partial charge < -0.3 is 5.73 Å². The molecule has 2 N–H and O–H groups in total. The minimum absolute atomic E-state index is 0.0926. The lowest BCUT2D eigenvalue weighted by Gasteiger charge is -2.08. The summed E-state index contributed by atoms with van der Waals surface area (Å²) in [6, 6.07) is 6.19. The molecular weight excluding hydrogens is 268 g/mol. The molecule has 3 aromatic heterocycles. The lowest BCUT2D eigenvalue weighted by Crippen LogP contribution is -2.19. The Labute approximate surface area is 121 Å². The molecule has 0 bridgehead atoms. The van der Waals surface area contributed by atoms with Crippen molar-refractivity contribution in [3.8, 4) is 11.4 Å². The van der Waals surface area contributed by atoms with Gasteiger partial charge in [-0.25, -0.2) is 9.97 Å². The van der Waals surface area contributed by atoms with Crippen molar-refractivity contribution in [3.05, 3.63) is 41.2 Å². The highest BCUT2D eigenvalue weighted by atomic mass is 32.1. The second kappa shape index (κ2) is 5.26. The maximum atomic E-state index is 5.85. The van der Waals surface area contributed by atoms with Crippen LogP contribution in [0.2, 0.25) is 0 Å². The third kappa shape index (κ3) is 2.69. The van der Waals surface area contributed by atoms with E-state index in [0.29, 0.717) is 0 Å². The molecule has 0 aliphatic rings. The molecule has 4 nitrogen and oxygen atoms in total. The van der Waals surface area contributed by atoms with Crippen LogP contribution in [0.25, 0.3) is 21.6 Å². The Kier molecular flexibility index (Phi) is 3.46. The molecule has 1 unspecified atom stereocenters. The molecule has 0 radical (unpaired) electrons. The zero-order valence-electron chi connectivity index (χ0n) is 11.5. The van der Waals surface area contributed by atoms with Gasteiger partial charge in [0, 0.05) is 35.6 Å². The summed E-state index contributed by atoms with van der Waals surface area (Å²) in [4.78, 5) is 13.6. The van der Waals surface area contributed by atoms with Crippen LogP contribution in [0, 0.1) is 6.92 Å². The number of rotatable bonds is 3. The molecule has 0 aromatic carbocycles. The smallest absolute Gasteiger partial charge is 0.161 e. The molecule has 0 aliphatic carbocycles. The molecule has 3 heterocycles. The molecule has 20 heavy (non-hydrogen) atoms. The average Bonchev–Trinajstić information content (AvgIpc) is 2.84. The Bertz CT molecular complexity index is 748. The first-order valence-corrected chi connectivity index (χ1v) is 7.43. The lowest BCUT2D eigenvalue weighted by atomic mass is 10.1. The molecule has 102 valence electrons. The van der Waals surface area contributed by atoms with Crippen molar-refractivity contribution >= 4 is 21.6 Å². The lowest BCUT2D eigenvalue weighted by molar-refractivity contribution is 0.719. The van der Waals surface area contributed by atoms with Crippen molar-refractivity contribution in [2.75, 3.05) is 0 Å². The summed E-state index contributed by atoms with van der Waals surface area (Å²) >= 11 is 1.68. The number of aryl methyl sites for hydroxylation is 1. The largest absolute Gasteiger partial charge is 0.328 e. The highest BCUT2D eigenvalue weighted by Crippen LogP contribution is 2.24. The molecule has 3 rings (SSSR count). The van der Waals surface area contributed by atoms with Gasteiger partial charge in [-0.3, -0.25) is 4.98 Å². The third-order valence-corrected chi connectivity index (χ3v) is 3.85. The first kappa shape index (κ1) is 13.1. The van der Waals surface area contributed by atoms with Crippen LogP contribution in [0.1, 0.15) is 18.3 Å². The SMILES string of the molecule is Cc1cc(CC(C)N)nc(-c2cnc3ccsc3c2)n1. The van der Waals surface area contributed by atoms with Crippen LogP contribution in [-0.4, -0.2) is 21.0 Å². The highest BCUT2D eigenvalue weighted by Gasteiger charge is 2.08. The van der Waals surface area contributed by atoms with Gasteiger partial charge in [0.25, 0.3) is 0 Å². The van der Waals surface area contributed by atoms with Gasteiger partial charge in [-0.1, -0.05) is 0 Å². The first-order chi connectivity index (χ1) is 9.61. The van der Waals surface area contributed by atoms with E-state index in [1.54, 1.807) is 11.3 Å². The Hall–Kier alpha value is -1.85. The van der Waals surface area contributed by atoms with E-state index < -0.39 is 0 Å². The summed E-state index contributed by atoms with van der Waals surface area (Å²) in [6.07, 6.45) is 2.59. The maximum absolute atomic E-state index is 5.85. The number of pyridine rings is 1. The van der Waals surface area contributed by atoms with Gasteiger partial charge in [0.05, 0.1) is 10.2 Å². The van der Waals surface area contributed by atoms with E-state index >= 15 is 0 Å². The summed E-state index contributed by atoms with van der Waals surface area (Å²) in [5.41, 5.74) is 9.76. The van der Waals surface area contributed by atoms with E-state index in [2.05, 4.69) is 21.0 Å². The quantitative estimate of drug-likeness (QED) is 0.803. The number of fused-ring (bicyclic) bond motifs is 1. The fourth-order valence-electron chi connectivity index (χ4n) is 2.17. The topological polar surface area (TPSA) is 64.7 Å². The van der Waals surface area contributed by atoms with Crippen molar-refractivity contribution in [1.29, 1.82) is 0 Å². The summed E-state index contributed by atoms with van der Waals surface area (Å²) in [5.74, 6) is 0.725. The van der Waals surface area contributed by atoms with Gasteiger partial charge in [-0.15, -0.1) is 11.3 Å². The van der Waals surface area contributed by atoms with E-state index in [1.165, 1.54) is 0 Å². The van der Waals surface area contributed by atoms with Crippen LogP contribution in [0.15, 0.2) is 29.8 Å². The van der Waals surface area contributed by atoms with E-state index in [9.17, 15) is 0 Å². The Morgan fingerprint density at radius 1 is 1.30 bits per heavy atom. The van der Waals surface area contributed by atoms with Crippen molar-refractivity contribution in [2.45, 2.75) is 26.3 Å². The van der Waals surface area contributed by atoms with Crippen LogP contribution in [0.3, 0.4) is 0 Å². The number of nitrogens with two attached hydrogens (primary N) is 1. The number of aromatic nitrogens is 3. The molecule has 0 fully saturated rings. The van der Waals surface area contributed by atoms with Gasteiger partial charge in [-0.2, -0.15) is 0 Å². The van der Waals surface area contributed by atoms with Gasteiger partial charge in [0.2, 0.25) is 0 Å². The summed E-state index contributed by atoms with van der Waals surface area (Å²) in [5, 5.41) is 2.04. The van der Waals surface area contributed by atoms with Crippen LogP contribution in [0.5, 0.6) is 0 Å². The molecule has 0 amide bonds. The minimum Gasteiger partial charge on any atom is -0.328 e. The number of hydrogen-bond acceptors (Lipinski definition) is 5. The van der Waals surface area contributed by atoms with Crippen molar-refractivity contribution in [2.24, 2.45) is 5.73 Å². The zero-order valence-corrected chi connectivity index (χ0v) is 12.3. The molecule has 0 saturated carbocycles. The highest BCUT2D eigenvalue weighted by molar-refractivity contribution is 7.17. The predicted molar refractivity (Wildman–Crippen MR) is 82.7 cm³/mol. The number of hydrogen-bond donors (Lipinski definition) is 1. The van der Waals surface area contributed by atoms with E-state index in [1.807, 2.05) is 37.6 Å². The fourth-order valence-corrected chi connectivity index (χ4v) is 2.95. The van der Waals surface area contributed by atoms with Crippen molar-refractivity contribution in [3.63, 3.8) is 0 Å². The summed E-state index contributed by atoms with van der Waals surface area (Å²) in [7, 11) is 0. The second-order valence-corrected chi connectivity index (χ2v) is 5.98. The molecular formula is C15H16N4S. The third-order valence-electron chi connectivity index (χ3n) is 3.00. The van der Waals surface area contributed by atoms with Crippen molar-refractivity contribution < 1.29 is 0 Å². The number of thiophene rings is 1. The van der Waals surface area contributed by atoms with Gasteiger partial charge in [0.15, 0.2) is 5.82 Å². The van der Waals surface area contributed by atoms with Gasteiger partial charge >= 0.3 is 0 Å². The Balaban J connectivity index is 2.05. The molecule has 0 spiro atoms. The average molecular weight is 284 g/mol. The zero-order chi connectivity index (χ0) is 14.1. The maximum Gasteiger partial charge on any atom is 0.161 e. The second-order valence-electron chi connectivity index (χ2n) is 5.03. The van der Waals surface area contributed by atoms with Crippen LogP contribution >= 0.6 is 11.3 Å².